The molecular formula is C17H20FNO2. The summed E-state index contributed by atoms with van der Waals surface area (Å²) in [5.41, 5.74) is 1.29. The SMILES string of the molecule is COC(=O)C1([C@H]2CCC(c3cccc(F)c3)=N2)CCCC1. The van der Waals surface area contributed by atoms with Crippen LogP contribution in [0.2, 0.25) is 0 Å². The highest BCUT2D eigenvalue weighted by atomic mass is 19.1. The lowest BCUT2D eigenvalue weighted by molar-refractivity contribution is -0.153. The Morgan fingerprint density at radius 2 is 2.14 bits per heavy atom. The Labute approximate surface area is 124 Å². The zero-order chi connectivity index (χ0) is 14.9. The van der Waals surface area contributed by atoms with Crippen LogP contribution >= 0.6 is 0 Å². The van der Waals surface area contributed by atoms with Gasteiger partial charge in [0.25, 0.3) is 0 Å². The summed E-state index contributed by atoms with van der Waals surface area (Å²) in [7, 11) is 1.45. The number of ether oxygens (including phenoxy) is 1. The first-order valence-corrected chi connectivity index (χ1v) is 7.57. The quantitative estimate of drug-likeness (QED) is 0.799. The second-order valence-electron chi connectivity index (χ2n) is 6.00. The first kappa shape index (κ1) is 14.2. The molecule has 2 aliphatic rings. The molecule has 1 aromatic carbocycles. The van der Waals surface area contributed by atoms with E-state index in [0.717, 1.165) is 49.8 Å². The molecule has 1 heterocycles. The third-order valence-electron chi connectivity index (χ3n) is 4.85. The van der Waals surface area contributed by atoms with Gasteiger partial charge in [0, 0.05) is 5.71 Å². The summed E-state index contributed by atoms with van der Waals surface area (Å²) in [5.74, 6) is -0.378. The van der Waals surface area contributed by atoms with E-state index in [1.807, 2.05) is 6.07 Å². The summed E-state index contributed by atoms with van der Waals surface area (Å²) in [6, 6.07) is 6.51. The van der Waals surface area contributed by atoms with Gasteiger partial charge in [0.15, 0.2) is 0 Å². The first-order chi connectivity index (χ1) is 10.2. The van der Waals surface area contributed by atoms with Crippen molar-refractivity contribution in [1.29, 1.82) is 0 Å². The summed E-state index contributed by atoms with van der Waals surface area (Å²) in [6.07, 6.45) is 5.45. The molecule has 0 amide bonds. The summed E-state index contributed by atoms with van der Waals surface area (Å²) < 4.78 is 18.4. The van der Waals surface area contributed by atoms with Crippen LogP contribution in [0.25, 0.3) is 0 Å². The average Bonchev–Trinajstić information content (AvgIpc) is 3.16. The number of nitrogens with zero attached hydrogens (tertiary/aromatic N) is 1. The monoisotopic (exact) mass is 289 g/mol. The third kappa shape index (κ3) is 2.47. The lowest BCUT2D eigenvalue weighted by Crippen LogP contribution is -2.39. The van der Waals surface area contributed by atoms with Gasteiger partial charge in [0.1, 0.15) is 5.82 Å². The van der Waals surface area contributed by atoms with Crippen molar-refractivity contribution in [3.63, 3.8) is 0 Å². The minimum absolute atomic E-state index is 0.0225. The fraction of sp³-hybridized carbons (Fsp3) is 0.529. The fourth-order valence-corrected chi connectivity index (χ4v) is 3.76. The van der Waals surface area contributed by atoms with Crippen molar-refractivity contribution in [1.82, 2.24) is 0 Å². The van der Waals surface area contributed by atoms with Crippen LogP contribution in [-0.2, 0) is 9.53 Å². The number of halogens is 1. The predicted molar refractivity (Wildman–Crippen MR) is 78.9 cm³/mol. The molecule has 0 bridgehead atoms. The normalized spacial score (nSPS) is 23.9. The number of esters is 1. The van der Waals surface area contributed by atoms with E-state index in [1.165, 1.54) is 19.2 Å². The van der Waals surface area contributed by atoms with E-state index < -0.39 is 5.41 Å². The molecule has 1 fully saturated rings. The fourth-order valence-electron chi connectivity index (χ4n) is 3.76. The molecule has 0 saturated heterocycles. The first-order valence-electron chi connectivity index (χ1n) is 7.57. The van der Waals surface area contributed by atoms with Gasteiger partial charge in [-0.05, 0) is 43.4 Å². The second-order valence-corrected chi connectivity index (χ2v) is 6.00. The molecule has 0 aromatic heterocycles. The van der Waals surface area contributed by atoms with E-state index in [4.69, 9.17) is 9.73 Å². The molecular weight excluding hydrogens is 269 g/mol. The van der Waals surface area contributed by atoms with Gasteiger partial charge in [0.05, 0.1) is 18.6 Å². The molecule has 1 aliphatic carbocycles. The van der Waals surface area contributed by atoms with E-state index in [9.17, 15) is 9.18 Å². The lowest BCUT2D eigenvalue weighted by Gasteiger charge is -2.30. The number of hydrogen-bond acceptors (Lipinski definition) is 3. The van der Waals surface area contributed by atoms with Gasteiger partial charge >= 0.3 is 5.97 Å². The van der Waals surface area contributed by atoms with Crippen molar-refractivity contribution < 1.29 is 13.9 Å². The van der Waals surface area contributed by atoms with Crippen LogP contribution in [0, 0.1) is 11.2 Å². The van der Waals surface area contributed by atoms with Gasteiger partial charge in [-0.2, -0.15) is 0 Å². The Hall–Kier alpha value is -1.71. The van der Waals surface area contributed by atoms with E-state index in [1.54, 1.807) is 6.07 Å². The number of carbonyl (C=O) groups is 1. The topological polar surface area (TPSA) is 38.7 Å². The molecule has 1 atom stereocenters. The van der Waals surface area contributed by atoms with E-state index >= 15 is 0 Å². The Bertz CT molecular complexity index is 576. The molecule has 0 spiro atoms. The van der Waals surface area contributed by atoms with Crippen molar-refractivity contribution in [3.05, 3.63) is 35.6 Å². The lowest BCUT2D eigenvalue weighted by atomic mass is 9.77. The van der Waals surface area contributed by atoms with Gasteiger partial charge in [-0.1, -0.05) is 25.0 Å². The molecule has 4 heteroatoms. The highest BCUT2D eigenvalue weighted by Crippen LogP contribution is 2.46. The summed E-state index contributed by atoms with van der Waals surface area (Å²) in [6.45, 7) is 0. The molecule has 112 valence electrons. The van der Waals surface area contributed by atoms with Crippen LogP contribution in [0.4, 0.5) is 4.39 Å². The molecule has 1 aliphatic heterocycles. The second kappa shape index (κ2) is 5.58. The van der Waals surface area contributed by atoms with Crippen molar-refractivity contribution in [3.8, 4) is 0 Å². The summed E-state index contributed by atoms with van der Waals surface area (Å²) in [5, 5.41) is 0. The number of carbonyl (C=O) groups excluding carboxylic acids is 1. The molecule has 1 aromatic rings. The average molecular weight is 289 g/mol. The van der Waals surface area contributed by atoms with E-state index in [0.29, 0.717) is 0 Å². The van der Waals surface area contributed by atoms with Crippen LogP contribution in [-0.4, -0.2) is 24.8 Å². The molecule has 21 heavy (non-hydrogen) atoms. The zero-order valence-electron chi connectivity index (χ0n) is 12.3. The van der Waals surface area contributed by atoms with Gasteiger partial charge < -0.3 is 4.74 Å². The third-order valence-corrected chi connectivity index (χ3v) is 4.85. The van der Waals surface area contributed by atoms with Crippen molar-refractivity contribution in [2.75, 3.05) is 7.11 Å². The van der Waals surface area contributed by atoms with Crippen LogP contribution in [0.5, 0.6) is 0 Å². The van der Waals surface area contributed by atoms with Crippen LogP contribution in [0.1, 0.15) is 44.1 Å². The van der Waals surface area contributed by atoms with Gasteiger partial charge in [-0.15, -0.1) is 0 Å². The number of aliphatic imine (C=N–C) groups is 1. The largest absolute Gasteiger partial charge is 0.469 e. The van der Waals surface area contributed by atoms with Crippen molar-refractivity contribution >= 4 is 11.7 Å². The molecule has 0 N–H and O–H groups in total. The number of benzene rings is 1. The Morgan fingerprint density at radius 1 is 1.38 bits per heavy atom. The summed E-state index contributed by atoms with van der Waals surface area (Å²) in [4.78, 5) is 17.0. The molecule has 0 radical (unpaired) electrons. The summed E-state index contributed by atoms with van der Waals surface area (Å²) >= 11 is 0. The van der Waals surface area contributed by atoms with Crippen LogP contribution < -0.4 is 0 Å². The van der Waals surface area contributed by atoms with E-state index in [-0.39, 0.29) is 17.8 Å². The Kier molecular flexibility index (Phi) is 3.79. The molecule has 3 rings (SSSR count). The number of methoxy groups -OCH3 is 1. The van der Waals surface area contributed by atoms with Crippen molar-refractivity contribution in [2.45, 2.75) is 44.6 Å². The minimum atomic E-state index is -0.455. The van der Waals surface area contributed by atoms with Gasteiger partial charge in [-0.25, -0.2) is 4.39 Å². The Balaban J connectivity index is 1.89. The zero-order valence-corrected chi connectivity index (χ0v) is 12.3. The standard InChI is InChI=1S/C17H20FNO2/c1-21-16(20)17(9-2-3-10-17)15-8-7-14(19-15)12-5-4-6-13(18)11-12/h4-6,11,15H,2-3,7-10H2,1H3/t15-/m1/s1. The maximum atomic E-state index is 13.3. The molecule has 3 nitrogen and oxygen atoms in total. The van der Waals surface area contributed by atoms with Crippen LogP contribution in [0.3, 0.4) is 0 Å². The maximum absolute atomic E-state index is 13.3. The van der Waals surface area contributed by atoms with Gasteiger partial charge in [0.2, 0.25) is 0 Å². The highest BCUT2D eigenvalue weighted by molar-refractivity contribution is 6.02. The minimum Gasteiger partial charge on any atom is -0.469 e. The smallest absolute Gasteiger partial charge is 0.313 e. The number of hydrogen-bond donors (Lipinski definition) is 0. The van der Waals surface area contributed by atoms with Crippen molar-refractivity contribution in [2.24, 2.45) is 10.4 Å². The van der Waals surface area contributed by atoms with E-state index in [2.05, 4.69) is 0 Å². The Morgan fingerprint density at radius 3 is 2.81 bits per heavy atom. The maximum Gasteiger partial charge on any atom is 0.313 e. The predicted octanol–water partition coefficient (Wildman–Crippen LogP) is 3.51. The highest BCUT2D eigenvalue weighted by Gasteiger charge is 2.49. The molecule has 1 saturated carbocycles. The molecule has 0 unspecified atom stereocenters. The van der Waals surface area contributed by atoms with Gasteiger partial charge in [-0.3, -0.25) is 9.79 Å². The number of rotatable bonds is 3. The van der Waals surface area contributed by atoms with Crippen LogP contribution in [0.15, 0.2) is 29.3 Å².